The summed E-state index contributed by atoms with van der Waals surface area (Å²) in [6.07, 6.45) is 3.27. The van der Waals surface area contributed by atoms with Crippen LogP contribution in [-0.2, 0) is 30.4 Å². The zero-order valence-corrected chi connectivity index (χ0v) is 24.0. The third-order valence-electron chi connectivity index (χ3n) is 5.25. The highest BCUT2D eigenvalue weighted by Gasteiger charge is 2.30. The Kier molecular flexibility index (Phi) is 7.85. The first-order chi connectivity index (χ1) is 17.7. The predicted molar refractivity (Wildman–Crippen MR) is 148 cm³/mol. The molecule has 2 aromatic heterocycles. The molecule has 9 nitrogen and oxygen atoms in total. The second kappa shape index (κ2) is 10.6. The third-order valence-corrected chi connectivity index (χ3v) is 8.24. The van der Waals surface area contributed by atoms with Crippen molar-refractivity contribution < 1.29 is 22.2 Å². The van der Waals surface area contributed by atoms with E-state index in [1.807, 2.05) is 0 Å². The smallest absolute Gasteiger partial charge is 0.327 e. The number of esters is 1. The van der Waals surface area contributed by atoms with Crippen molar-refractivity contribution in [3.05, 3.63) is 70.8 Å². The number of anilines is 1. The van der Waals surface area contributed by atoms with Crippen molar-refractivity contribution in [1.82, 2.24) is 14.8 Å². The lowest BCUT2D eigenvalue weighted by molar-refractivity contribution is -0.152. The number of halogens is 2. The van der Waals surface area contributed by atoms with Crippen LogP contribution in [0.3, 0.4) is 0 Å². The molecule has 0 aliphatic heterocycles. The fourth-order valence-electron chi connectivity index (χ4n) is 3.69. The lowest BCUT2D eigenvalue weighted by atomic mass is 10.2. The van der Waals surface area contributed by atoms with Gasteiger partial charge in [-0.15, -0.1) is 10.2 Å². The lowest BCUT2D eigenvalue weighted by Gasteiger charge is -2.26. The van der Waals surface area contributed by atoms with Gasteiger partial charge < -0.3 is 4.74 Å². The van der Waals surface area contributed by atoms with E-state index in [-0.39, 0.29) is 20.6 Å². The van der Waals surface area contributed by atoms with Crippen molar-refractivity contribution in [2.45, 2.75) is 36.3 Å². The number of carbonyl (C=O) groups excluding carboxylic acids is 1. The summed E-state index contributed by atoms with van der Waals surface area (Å²) in [4.78, 5) is 12.6. The first kappa shape index (κ1) is 28.0. The maximum atomic E-state index is 13.7. The molecule has 200 valence electrons. The number of hydrogen-bond acceptors (Lipinski definition) is 7. The number of fused-ring (bicyclic) bond motifs is 1. The summed E-state index contributed by atoms with van der Waals surface area (Å²) in [5.41, 5.74) is 0.141. The van der Waals surface area contributed by atoms with E-state index in [9.17, 15) is 17.4 Å². The summed E-state index contributed by atoms with van der Waals surface area (Å²) in [7, 11) is -5.53. The largest absolute Gasteiger partial charge is 0.459 e. The molecule has 0 saturated heterocycles. The fourth-order valence-corrected chi connectivity index (χ4v) is 6.23. The minimum atomic E-state index is -4.27. The highest BCUT2D eigenvalue weighted by Crippen LogP contribution is 2.31. The van der Waals surface area contributed by atoms with Gasteiger partial charge in [0.25, 0.3) is 10.0 Å². The number of benzene rings is 2. The number of carbonyl (C=O) groups is 1. The van der Waals surface area contributed by atoms with E-state index < -0.39 is 38.9 Å². The van der Waals surface area contributed by atoms with Crippen molar-refractivity contribution in [3.8, 4) is 5.82 Å². The van der Waals surface area contributed by atoms with E-state index >= 15 is 0 Å². The normalized spacial score (nSPS) is 12.9. The van der Waals surface area contributed by atoms with Crippen LogP contribution < -0.4 is 4.31 Å². The van der Waals surface area contributed by atoms with Crippen LogP contribution in [-0.4, -0.2) is 51.8 Å². The molecule has 0 aliphatic rings. The van der Waals surface area contributed by atoms with Gasteiger partial charge in [-0.2, -0.15) is 0 Å². The molecule has 2 heterocycles. The molecule has 0 fully saturated rings. The number of rotatable bonds is 7. The molecule has 13 heteroatoms. The van der Waals surface area contributed by atoms with Gasteiger partial charge in [-0.25, -0.2) is 8.42 Å². The predicted octanol–water partition coefficient (Wildman–Crippen LogP) is 5.00. The highest BCUT2D eigenvalue weighted by molar-refractivity contribution is 7.92. The summed E-state index contributed by atoms with van der Waals surface area (Å²) >= 11 is 12.2. The van der Waals surface area contributed by atoms with Crippen molar-refractivity contribution in [2.24, 2.45) is 0 Å². The standard InChI is InChI=1S/C25H24Cl2N4O5S2/c1-25(2,3)36-24(32)15-31(38(34,35)20-13-17(26)12-18(27)14-20)19-5-6-21-16(11-19)9-10-30(21)22-7-8-23(29-28-22)37(4)33/h5-14H,15H2,1-4H3. The molecule has 4 aromatic rings. The first-order valence-corrected chi connectivity index (χ1v) is 15.0. The summed E-state index contributed by atoms with van der Waals surface area (Å²) in [6, 6.07) is 14.0. The van der Waals surface area contributed by atoms with Crippen LogP contribution in [0.15, 0.2) is 70.7 Å². The van der Waals surface area contributed by atoms with Crippen LogP contribution in [0.2, 0.25) is 10.0 Å². The van der Waals surface area contributed by atoms with Gasteiger partial charge in [0.05, 0.1) is 26.9 Å². The number of hydrogen-bond donors (Lipinski definition) is 0. The Morgan fingerprint density at radius 3 is 2.29 bits per heavy atom. The summed E-state index contributed by atoms with van der Waals surface area (Å²) < 4.78 is 47.2. The molecule has 0 saturated carbocycles. The minimum absolute atomic E-state index is 0.139. The van der Waals surface area contributed by atoms with Gasteiger partial charge in [0.2, 0.25) is 0 Å². The van der Waals surface area contributed by atoms with Crippen molar-refractivity contribution in [2.75, 3.05) is 17.1 Å². The average Bonchev–Trinajstić information content (AvgIpc) is 3.24. The van der Waals surface area contributed by atoms with Crippen LogP contribution >= 0.6 is 23.2 Å². The summed E-state index contributed by atoms with van der Waals surface area (Å²) in [6.45, 7) is 4.52. The van der Waals surface area contributed by atoms with E-state index in [0.29, 0.717) is 21.7 Å². The molecular weight excluding hydrogens is 571 g/mol. The zero-order chi connectivity index (χ0) is 27.8. The van der Waals surface area contributed by atoms with Crippen LogP contribution in [0.4, 0.5) is 5.69 Å². The monoisotopic (exact) mass is 594 g/mol. The molecule has 4 rings (SSSR count). The Morgan fingerprint density at radius 1 is 1.03 bits per heavy atom. The molecule has 1 unspecified atom stereocenters. The Labute approximate surface area is 232 Å². The maximum absolute atomic E-state index is 13.7. The molecule has 0 bridgehead atoms. The van der Waals surface area contributed by atoms with Gasteiger partial charge in [-0.1, -0.05) is 23.2 Å². The van der Waals surface area contributed by atoms with E-state index in [2.05, 4.69) is 10.2 Å². The topological polar surface area (TPSA) is 111 Å². The van der Waals surface area contributed by atoms with Crippen molar-refractivity contribution in [1.29, 1.82) is 0 Å². The molecule has 0 N–H and O–H groups in total. The maximum Gasteiger partial charge on any atom is 0.327 e. The second-order valence-corrected chi connectivity index (χ2v) is 13.4. The molecule has 0 spiro atoms. The SMILES string of the molecule is CS(=O)c1ccc(-n2ccc3cc(N(CC(=O)OC(C)(C)C)S(=O)(=O)c4cc(Cl)cc(Cl)c4)ccc32)nn1. The van der Waals surface area contributed by atoms with Gasteiger partial charge in [0.1, 0.15) is 17.2 Å². The van der Waals surface area contributed by atoms with Gasteiger partial charge in [-0.3, -0.25) is 17.9 Å². The second-order valence-electron chi connectivity index (χ2n) is 9.32. The Morgan fingerprint density at radius 2 is 1.71 bits per heavy atom. The molecular formula is C25H24Cl2N4O5S2. The molecule has 0 radical (unpaired) electrons. The Bertz CT molecular complexity index is 1630. The Hall–Kier alpha value is -2.99. The highest BCUT2D eigenvalue weighted by atomic mass is 35.5. The van der Waals surface area contributed by atoms with Crippen LogP contribution in [0.5, 0.6) is 0 Å². The fraction of sp³-hybridized carbons (Fsp3) is 0.240. The van der Waals surface area contributed by atoms with E-state index in [1.165, 1.54) is 24.5 Å². The average molecular weight is 596 g/mol. The zero-order valence-electron chi connectivity index (χ0n) is 20.9. The number of ether oxygens (including phenoxy) is 1. The van der Waals surface area contributed by atoms with Crippen LogP contribution in [0, 0.1) is 0 Å². The molecule has 38 heavy (non-hydrogen) atoms. The van der Waals surface area contributed by atoms with E-state index in [4.69, 9.17) is 27.9 Å². The van der Waals surface area contributed by atoms with Gasteiger partial charge >= 0.3 is 5.97 Å². The molecule has 0 aliphatic carbocycles. The molecule has 1 atom stereocenters. The molecule has 0 amide bonds. The van der Waals surface area contributed by atoms with Gasteiger partial charge in [0, 0.05) is 27.9 Å². The van der Waals surface area contributed by atoms with E-state index in [0.717, 1.165) is 4.31 Å². The quantitative estimate of drug-likeness (QED) is 0.277. The van der Waals surface area contributed by atoms with Gasteiger partial charge in [0.15, 0.2) is 5.82 Å². The lowest BCUT2D eigenvalue weighted by Crippen LogP contribution is -2.39. The van der Waals surface area contributed by atoms with E-state index in [1.54, 1.807) is 67.9 Å². The van der Waals surface area contributed by atoms with Crippen LogP contribution in [0.1, 0.15) is 20.8 Å². The third kappa shape index (κ3) is 6.17. The number of nitrogens with zero attached hydrogens (tertiary/aromatic N) is 4. The Balaban J connectivity index is 1.78. The summed E-state index contributed by atoms with van der Waals surface area (Å²) in [5, 5.41) is 9.46. The first-order valence-electron chi connectivity index (χ1n) is 11.2. The van der Waals surface area contributed by atoms with Crippen molar-refractivity contribution in [3.63, 3.8) is 0 Å². The van der Waals surface area contributed by atoms with Crippen molar-refractivity contribution >= 4 is 66.6 Å². The van der Waals surface area contributed by atoms with Crippen LogP contribution in [0.25, 0.3) is 16.7 Å². The molecule has 2 aromatic carbocycles. The summed E-state index contributed by atoms with van der Waals surface area (Å²) in [5.74, 6) is -0.232. The number of sulfonamides is 1. The minimum Gasteiger partial charge on any atom is -0.459 e. The van der Waals surface area contributed by atoms with Gasteiger partial charge in [-0.05, 0) is 75.4 Å². The number of aromatic nitrogens is 3.